The third-order valence-corrected chi connectivity index (χ3v) is 9.06. The molecule has 1 aromatic rings. The Kier molecular flexibility index (Phi) is 5.39. The number of aliphatic hydroxyl groups is 1. The van der Waals surface area contributed by atoms with Crippen molar-refractivity contribution in [3.8, 4) is 6.07 Å². The molecule has 5 rings (SSSR count). The number of hydrogen-bond donors (Lipinski definition) is 1. The summed E-state index contributed by atoms with van der Waals surface area (Å²) in [5.74, 6) is 1.26. The molecule has 9 unspecified atom stereocenters. The smallest absolute Gasteiger partial charge is 0.111 e. The van der Waals surface area contributed by atoms with Gasteiger partial charge in [0, 0.05) is 31.4 Å². The second-order valence-electron chi connectivity index (χ2n) is 10.4. The van der Waals surface area contributed by atoms with Crippen LogP contribution in [0, 0.1) is 40.9 Å². The quantitative estimate of drug-likeness (QED) is 0.788. The Labute approximate surface area is 178 Å². The lowest BCUT2D eigenvalue weighted by molar-refractivity contribution is -0.0780. The molecule has 6 heteroatoms. The molecule has 0 spiro atoms. The van der Waals surface area contributed by atoms with Crippen LogP contribution in [-0.2, 0) is 10.3 Å². The summed E-state index contributed by atoms with van der Waals surface area (Å²) < 4.78 is 22.8. The van der Waals surface area contributed by atoms with Crippen LogP contribution in [0.5, 0.6) is 0 Å². The Morgan fingerprint density at radius 1 is 1.17 bits per heavy atom. The second-order valence-corrected chi connectivity index (χ2v) is 10.4. The molecule has 3 fully saturated rings. The lowest BCUT2D eigenvalue weighted by atomic mass is 9.62. The molecule has 4 aliphatic rings. The number of alkyl halides is 1. The van der Waals surface area contributed by atoms with Gasteiger partial charge in [-0.25, -0.2) is 9.37 Å². The van der Waals surface area contributed by atoms with Gasteiger partial charge in [0.25, 0.3) is 0 Å². The van der Waals surface area contributed by atoms with Crippen LogP contribution in [0.2, 0.25) is 0 Å². The van der Waals surface area contributed by atoms with Gasteiger partial charge in [0.2, 0.25) is 0 Å². The van der Waals surface area contributed by atoms with Crippen LogP contribution < -0.4 is 0 Å². The Bertz CT molecular complexity index is 807. The maximum atomic E-state index is 15.1. The predicted octanol–water partition coefficient (Wildman–Crippen LogP) is 4.52. The lowest BCUT2D eigenvalue weighted by Crippen LogP contribution is -2.42. The zero-order valence-corrected chi connectivity index (χ0v) is 17.9. The van der Waals surface area contributed by atoms with Crippen LogP contribution in [0.3, 0.4) is 0 Å². The fraction of sp³-hybridized carbons (Fsp3) is 0.833. The van der Waals surface area contributed by atoms with Crippen molar-refractivity contribution < 1.29 is 14.2 Å². The molecule has 3 saturated carbocycles. The Hall–Kier alpha value is -1.45. The van der Waals surface area contributed by atoms with E-state index in [1.165, 1.54) is 12.8 Å². The summed E-state index contributed by atoms with van der Waals surface area (Å²) >= 11 is 0. The molecule has 1 aliphatic heterocycles. The van der Waals surface area contributed by atoms with Crippen LogP contribution in [0.15, 0.2) is 12.5 Å². The first kappa shape index (κ1) is 20.5. The second kappa shape index (κ2) is 7.91. The molecule has 164 valence electrons. The summed E-state index contributed by atoms with van der Waals surface area (Å²) in [4.78, 5) is 4.35. The predicted molar refractivity (Wildman–Crippen MR) is 110 cm³/mol. The van der Waals surface area contributed by atoms with Gasteiger partial charge in [-0.2, -0.15) is 5.26 Å². The minimum absolute atomic E-state index is 0.0575. The monoisotopic (exact) mass is 415 g/mol. The van der Waals surface area contributed by atoms with Crippen molar-refractivity contribution >= 4 is 0 Å². The Morgan fingerprint density at radius 3 is 2.77 bits per heavy atom. The molecule has 9 atom stereocenters. The van der Waals surface area contributed by atoms with Gasteiger partial charge in [-0.15, -0.1) is 0 Å². The highest BCUT2D eigenvalue weighted by molar-refractivity contribution is 5.21. The van der Waals surface area contributed by atoms with Gasteiger partial charge in [0.15, 0.2) is 0 Å². The van der Waals surface area contributed by atoms with Crippen molar-refractivity contribution in [2.24, 2.45) is 29.6 Å². The van der Waals surface area contributed by atoms with Gasteiger partial charge in [-0.3, -0.25) is 0 Å². The van der Waals surface area contributed by atoms with E-state index in [0.29, 0.717) is 31.3 Å². The van der Waals surface area contributed by atoms with Gasteiger partial charge in [0.05, 0.1) is 30.4 Å². The number of nitriles is 1. The topological polar surface area (TPSA) is 71.1 Å². The number of nitrogens with zero attached hydrogens (tertiary/aromatic N) is 3. The summed E-state index contributed by atoms with van der Waals surface area (Å²) in [6.07, 6.45) is 12.1. The van der Waals surface area contributed by atoms with E-state index in [9.17, 15) is 10.4 Å². The average Bonchev–Trinajstić information content (AvgIpc) is 3.36. The van der Waals surface area contributed by atoms with Gasteiger partial charge in [-0.1, -0.05) is 0 Å². The number of hydrogen-bond acceptors (Lipinski definition) is 4. The summed E-state index contributed by atoms with van der Waals surface area (Å²) in [5.41, 5.74) is -0.0394. The average molecular weight is 416 g/mol. The molecule has 0 bridgehead atoms. The van der Waals surface area contributed by atoms with Gasteiger partial charge in [0.1, 0.15) is 11.8 Å². The van der Waals surface area contributed by atoms with E-state index < -0.39 is 11.8 Å². The Morgan fingerprint density at radius 2 is 2.00 bits per heavy atom. The van der Waals surface area contributed by atoms with Crippen molar-refractivity contribution in [1.29, 1.82) is 5.26 Å². The number of ether oxygens (including phenoxy) is 1. The first-order valence-corrected chi connectivity index (χ1v) is 11.8. The minimum Gasteiger partial charge on any atom is -0.383 e. The largest absolute Gasteiger partial charge is 0.383 e. The van der Waals surface area contributed by atoms with Crippen molar-refractivity contribution in [3.63, 3.8) is 0 Å². The normalized spacial score (nSPS) is 46.1. The molecular weight excluding hydrogens is 381 g/mol. The fourth-order valence-corrected chi connectivity index (χ4v) is 7.35. The zero-order valence-electron chi connectivity index (χ0n) is 17.9. The van der Waals surface area contributed by atoms with Crippen LogP contribution in [0.25, 0.3) is 0 Å². The van der Waals surface area contributed by atoms with E-state index in [1.807, 2.05) is 7.11 Å². The molecule has 3 aliphatic carbocycles. The first-order valence-electron chi connectivity index (χ1n) is 11.8. The van der Waals surface area contributed by atoms with Crippen LogP contribution in [0.4, 0.5) is 4.39 Å². The van der Waals surface area contributed by atoms with Crippen molar-refractivity contribution in [3.05, 3.63) is 18.2 Å². The van der Waals surface area contributed by atoms with Crippen LogP contribution >= 0.6 is 0 Å². The fourth-order valence-electron chi connectivity index (χ4n) is 7.35. The van der Waals surface area contributed by atoms with E-state index in [1.54, 1.807) is 12.5 Å². The number of imidazole rings is 1. The van der Waals surface area contributed by atoms with Gasteiger partial charge >= 0.3 is 0 Å². The molecular formula is C24H34FN3O2. The van der Waals surface area contributed by atoms with E-state index in [4.69, 9.17) is 4.74 Å². The van der Waals surface area contributed by atoms with Crippen molar-refractivity contribution in [2.45, 2.75) is 88.1 Å². The summed E-state index contributed by atoms with van der Waals surface area (Å²) in [6, 6.07) is 2.19. The SMILES string of the molecule is COC1CCC2CCC(C3(O)CC(C4CCC(C#N)CC4F)n4cncc43)CC2C1. The maximum absolute atomic E-state index is 15.1. The molecule has 30 heavy (non-hydrogen) atoms. The number of fused-ring (bicyclic) bond motifs is 2. The van der Waals surface area contributed by atoms with E-state index in [0.717, 1.165) is 43.7 Å². The number of rotatable bonds is 3. The molecule has 2 heterocycles. The summed E-state index contributed by atoms with van der Waals surface area (Å²) in [6.45, 7) is 0. The van der Waals surface area contributed by atoms with E-state index in [-0.39, 0.29) is 23.8 Å². The van der Waals surface area contributed by atoms with E-state index in [2.05, 4.69) is 15.6 Å². The van der Waals surface area contributed by atoms with E-state index >= 15 is 4.39 Å². The molecule has 1 N–H and O–H groups in total. The number of aromatic nitrogens is 2. The number of methoxy groups -OCH3 is 1. The highest BCUT2D eigenvalue weighted by Crippen LogP contribution is 2.56. The zero-order chi connectivity index (χ0) is 20.9. The lowest BCUT2D eigenvalue weighted by Gasteiger charge is -2.45. The molecule has 0 radical (unpaired) electrons. The van der Waals surface area contributed by atoms with Gasteiger partial charge < -0.3 is 14.4 Å². The first-order chi connectivity index (χ1) is 14.5. The highest BCUT2D eigenvalue weighted by atomic mass is 19.1. The van der Waals surface area contributed by atoms with Gasteiger partial charge in [-0.05, 0) is 75.5 Å². The Balaban J connectivity index is 1.36. The molecule has 0 saturated heterocycles. The minimum atomic E-state index is -0.984. The highest BCUT2D eigenvalue weighted by Gasteiger charge is 2.53. The van der Waals surface area contributed by atoms with Crippen molar-refractivity contribution in [2.75, 3.05) is 7.11 Å². The summed E-state index contributed by atoms with van der Waals surface area (Å²) in [7, 11) is 1.81. The third-order valence-electron chi connectivity index (χ3n) is 9.06. The maximum Gasteiger partial charge on any atom is 0.111 e. The number of halogens is 1. The molecule has 5 nitrogen and oxygen atoms in total. The van der Waals surface area contributed by atoms with Crippen LogP contribution in [0.1, 0.15) is 75.9 Å². The standard InChI is InChI=1S/C24H34FN3O2/c1-30-19-6-4-16-3-5-18(9-17(16)10-19)24(29)11-22(28-14-27-13-23(24)28)20-7-2-15(12-26)8-21(20)25/h13-22,29H,2-11H2,1H3. The summed E-state index contributed by atoms with van der Waals surface area (Å²) in [5, 5.41) is 21.2. The third kappa shape index (κ3) is 3.29. The molecule has 0 amide bonds. The molecule has 1 aromatic heterocycles. The van der Waals surface area contributed by atoms with Crippen LogP contribution in [-0.4, -0.2) is 34.0 Å². The molecule has 0 aromatic carbocycles. The van der Waals surface area contributed by atoms with Crippen molar-refractivity contribution in [1.82, 2.24) is 9.55 Å².